The Kier molecular flexibility index (Phi) is 3.44. The molecule has 1 N–H and O–H groups in total. The van der Waals surface area contributed by atoms with Crippen molar-refractivity contribution in [2.75, 3.05) is 12.4 Å². The van der Waals surface area contributed by atoms with Crippen molar-refractivity contribution in [3.8, 4) is 11.8 Å². The minimum Gasteiger partial charge on any atom is -0.497 e. The molecule has 18 heavy (non-hydrogen) atoms. The van der Waals surface area contributed by atoms with Gasteiger partial charge in [0, 0.05) is 5.69 Å². The van der Waals surface area contributed by atoms with Crippen LogP contribution in [-0.4, -0.2) is 12.1 Å². The number of hydrogen-bond acceptors (Lipinski definition) is 4. The van der Waals surface area contributed by atoms with Gasteiger partial charge in [0.1, 0.15) is 23.3 Å². The van der Waals surface area contributed by atoms with Gasteiger partial charge in [-0.25, -0.2) is 4.98 Å². The number of nitriles is 1. The molecule has 0 bridgehead atoms. The number of ether oxygens (including phenoxy) is 1. The van der Waals surface area contributed by atoms with Crippen molar-refractivity contribution in [1.82, 2.24) is 4.98 Å². The summed E-state index contributed by atoms with van der Waals surface area (Å²) in [6.07, 6.45) is 0. The molecule has 1 heterocycles. The molecule has 0 saturated carbocycles. The van der Waals surface area contributed by atoms with Crippen molar-refractivity contribution in [3.05, 3.63) is 47.7 Å². The van der Waals surface area contributed by atoms with Crippen molar-refractivity contribution >= 4 is 11.5 Å². The van der Waals surface area contributed by atoms with Crippen molar-refractivity contribution < 1.29 is 4.74 Å². The van der Waals surface area contributed by atoms with E-state index in [1.54, 1.807) is 19.2 Å². The van der Waals surface area contributed by atoms with Gasteiger partial charge in [0.2, 0.25) is 0 Å². The third-order valence-corrected chi connectivity index (χ3v) is 2.56. The number of nitrogens with one attached hydrogen (secondary N) is 1. The number of benzene rings is 1. The first-order valence-corrected chi connectivity index (χ1v) is 5.52. The molecule has 2 aromatic rings. The van der Waals surface area contributed by atoms with Gasteiger partial charge in [-0.05, 0) is 42.8 Å². The lowest BCUT2D eigenvalue weighted by Gasteiger charge is -2.10. The van der Waals surface area contributed by atoms with Crippen LogP contribution in [0.4, 0.5) is 11.5 Å². The molecule has 0 unspecified atom stereocenters. The fourth-order valence-corrected chi connectivity index (χ4v) is 1.61. The maximum absolute atomic E-state index is 8.79. The number of aryl methyl sites for hydroxylation is 1. The summed E-state index contributed by atoms with van der Waals surface area (Å²) < 4.78 is 5.15. The molecule has 0 spiro atoms. The van der Waals surface area contributed by atoms with Crippen LogP contribution in [0.3, 0.4) is 0 Å². The van der Waals surface area contributed by atoms with Gasteiger partial charge < -0.3 is 10.1 Å². The maximum Gasteiger partial charge on any atom is 0.142 e. The highest BCUT2D eigenvalue weighted by molar-refractivity contribution is 5.62. The van der Waals surface area contributed by atoms with E-state index in [2.05, 4.69) is 10.3 Å². The molecule has 2 rings (SSSR count). The molecule has 0 aliphatic rings. The van der Waals surface area contributed by atoms with Crippen LogP contribution >= 0.6 is 0 Å². The standard InChI is InChI=1S/C14H13N3O/c1-10-8-12(18-2)6-7-13(10)17-14-5-3-4-11(9-15)16-14/h3-8H,1-2H3,(H,16,17). The number of methoxy groups -OCH3 is 1. The predicted octanol–water partition coefficient (Wildman–Crippen LogP) is 3.01. The first-order valence-electron chi connectivity index (χ1n) is 5.52. The quantitative estimate of drug-likeness (QED) is 0.894. The summed E-state index contributed by atoms with van der Waals surface area (Å²) in [5.74, 6) is 1.47. The highest BCUT2D eigenvalue weighted by Crippen LogP contribution is 2.23. The fraction of sp³-hybridized carbons (Fsp3) is 0.143. The fourth-order valence-electron chi connectivity index (χ4n) is 1.61. The Labute approximate surface area is 106 Å². The lowest BCUT2D eigenvalue weighted by Crippen LogP contribution is -1.97. The maximum atomic E-state index is 8.79. The second-order valence-corrected chi connectivity index (χ2v) is 3.83. The third-order valence-electron chi connectivity index (χ3n) is 2.56. The van der Waals surface area contributed by atoms with E-state index in [1.807, 2.05) is 37.3 Å². The molecular weight excluding hydrogens is 226 g/mol. The first kappa shape index (κ1) is 11.9. The Morgan fingerprint density at radius 3 is 2.78 bits per heavy atom. The Hall–Kier alpha value is -2.54. The Bertz CT molecular complexity index is 602. The van der Waals surface area contributed by atoms with E-state index in [0.717, 1.165) is 17.0 Å². The van der Waals surface area contributed by atoms with Crippen LogP contribution in [0.2, 0.25) is 0 Å². The van der Waals surface area contributed by atoms with Gasteiger partial charge in [-0.2, -0.15) is 5.26 Å². The number of pyridine rings is 1. The molecule has 0 fully saturated rings. The van der Waals surface area contributed by atoms with Crippen LogP contribution in [0.1, 0.15) is 11.3 Å². The van der Waals surface area contributed by atoms with E-state index >= 15 is 0 Å². The molecule has 0 aliphatic heterocycles. The molecule has 4 heteroatoms. The van der Waals surface area contributed by atoms with Gasteiger partial charge in [0.25, 0.3) is 0 Å². The lowest BCUT2D eigenvalue weighted by molar-refractivity contribution is 0.414. The Morgan fingerprint density at radius 2 is 2.11 bits per heavy atom. The zero-order valence-electron chi connectivity index (χ0n) is 10.3. The second kappa shape index (κ2) is 5.19. The van der Waals surface area contributed by atoms with Crippen molar-refractivity contribution in [2.24, 2.45) is 0 Å². The SMILES string of the molecule is COc1ccc(Nc2cccc(C#N)n2)c(C)c1. The van der Waals surface area contributed by atoms with Crippen molar-refractivity contribution in [1.29, 1.82) is 5.26 Å². The van der Waals surface area contributed by atoms with E-state index in [4.69, 9.17) is 10.00 Å². The first-order chi connectivity index (χ1) is 8.72. The largest absolute Gasteiger partial charge is 0.497 e. The number of aromatic nitrogens is 1. The van der Waals surface area contributed by atoms with Gasteiger partial charge in [-0.3, -0.25) is 0 Å². The average molecular weight is 239 g/mol. The van der Waals surface area contributed by atoms with Crippen LogP contribution in [0.25, 0.3) is 0 Å². The van der Waals surface area contributed by atoms with E-state index in [0.29, 0.717) is 11.5 Å². The summed E-state index contributed by atoms with van der Waals surface area (Å²) in [4.78, 5) is 4.17. The van der Waals surface area contributed by atoms with Crippen LogP contribution in [0.5, 0.6) is 5.75 Å². The third kappa shape index (κ3) is 2.58. The zero-order valence-corrected chi connectivity index (χ0v) is 10.3. The van der Waals surface area contributed by atoms with Gasteiger partial charge in [0.15, 0.2) is 0 Å². The number of anilines is 2. The monoisotopic (exact) mass is 239 g/mol. The zero-order chi connectivity index (χ0) is 13.0. The number of rotatable bonds is 3. The van der Waals surface area contributed by atoms with Gasteiger partial charge in [-0.15, -0.1) is 0 Å². The highest BCUT2D eigenvalue weighted by atomic mass is 16.5. The summed E-state index contributed by atoms with van der Waals surface area (Å²) >= 11 is 0. The van der Waals surface area contributed by atoms with Gasteiger partial charge >= 0.3 is 0 Å². The van der Waals surface area contributed by atoms with Crippen LogP contribution in [-0.2, 0) is 0 Å². The number of hydrogen-bond donors (Lipinski definition) is 1. The van der Waals surface area contributed by atoms with Crippen LogP contribution < -0.4 is 10.1 Å². The lowest BCUT2D eigenvalue weighted by atomic mass is 10.2. The van der Waals surface area contributed by atoms with Crippen LogP contribution in [0.15, 0.2) is 36.4 Å². The molecule has 1 aromatic carbocycles. The normalized spacial score (nSPS) is 9.61. The molecule has 4 nitrogen and oxygen atoms in total. The molecular formula is C14H13N3O. The van der Waals surface area contributed by atoms with E-state index < -0.39 is 0 Å². The van der Waals surface area contributed by atoms with E-state index in [9.17, 15) is 0 Å². The Balaban J connectivity index is 2.26. The molecule has 0 amide bonds. The highest BCUT2D eigenvalue weighted by Gasteiger charge is 2.02. The molecule has 0 saturated heterocycles. The predicted molar refractivity (Wildman–Crippen MR) is 70.0 cm³/mol. The summed E-state index contributed by atoms with van der Waals surface area (Å²) in [6.45, 7) is 1.99. The van der Waals surface area contributed by atoms with Crippen LogP contribution in [0, 0.1) is 18.3 Å². The van der Waals surface area contributed by atoms with Crippen molar-refractivity contribution in [2.45, 2.75) is 6.92 Å². The van der Waals surface area contributed by atoms with Gasteiger partial charge in [0.05, 0.1) is 7.11 Å². The Morgan fingerprint density at radius 1 is 1.28 bits per heavy atom. The average Bonchev–Trinajstić information content (AvgIpc) is 2.41. The molecule has 0 aliphatic carbocycles. The second-order valence-electron chi connectivity index (χ2n) is 3.83. The van der Waals surface area contributed by atoms with E-state index in [-0.39, 0.29) is 0 Å². The molecule has 1 aromatic heterocycles. The van der Waals surface area contributed by atoms with Crippen molar-refractivity contribution in [3.63, 3.8) is 0 Å². The summed E-state index contributed by atoms with van der Waals surface area (Å²) in [7, 11) is 1.64. The smallest absolute Gasteiger partial charge is 0.142 e. The minimum absolute atomic E-state index is 0.395. The summed E-state index contributed by atoms with van der Waals surface area (Å²) in [5.41, 5.74) is 2.39. The summed E-state index contributed by atoms with van der Waals surface area (Å²) in [5, 5.41) is 12.0. The molecule has 0 radical (unpaired) electrons. The molecule has 90 valence electrons. The number of nitrogens with zero attached hydrogens (tertiary/aromatic N) is 2. The minimum atomic E-state index is 0.395. The summed E-state index contributed by atoms with van der Waals surface area (Å²) in [6, 6.07) is 13.1. The van der Waals surface area contributed by atoms with E-state index in [1.165, 1.54) is 0 Å². The topological polar surface area (TPSA) is 57.9 Å². The molecule has 0 atom stereocenters. The van der Waals surface area contributed by atoms with Gasteiger partial charge in [-0.1, -0.05) is 6.07 Å².